The van der Waals surface area contributed by atoms with E-state index in [1.807, 2.05) is 36.4 Å². The lowest BCUT2D eigenvalue weighted by Crippen LogP contribution is -2.48. The Bertz CT molecular complexity index is 802. The standard InChI is InChI=1S/C22H24N2O4/c25-20(18-11-5-2-6-12-18)15-19(21(26)24-13-7-8-14-24)23-22(27)28-16-17-9-3-1-4-10-17/h1-6,9-12,19H,7-8,13-16H2,(H,23,27). The quantitative estimate of drug-likeness (QED) is 0.749. The number of hydrogen-bond acceptors (Lipinski definition) is 4. The molecule has 1 atom stereocenters. The average molecular weight is 380 g/mol. The van der Waals surface area contributed by atoms with Crippen LogP contribution in [0.3, 0.4) is 0 Å². The van der Waals surface area contributed by atoms with E-state index in [1.165, 1.54) is 0 Å². The van der Waals surface area contributed by atoms with E-state index in [4.69, 9.17) is 4.74 Å². The lowest BCUT2D eigenvalue weighted by Gasteiger charge is -2.23. The Balaban J connectivity index is 1.64. The number of nitrogens with zero attached hydrogens (tertiary/aromatic N) is 1. The van der Waals surface area contributed by atoms with Crippen LogP contribution in [0, 0.1) is 0 Å². The largest absolute Gasteiger partial charge is 0.445 e. The minimum absolute atomic E-state index is 0.0974. The SMILES string of the molecule is O=C(NC(CC(=O)c1ccccc1)C(=O)N1CCCC1)OCc1ccccc1. The highest BCUT2D eigenvalue weighted by Gasteiger charge is 2.30. The number of carbonyl (C=O) groups is 3. The molecule has 28 heavy (non-hydrogen) atoms. The summed E-state index contributed by atoms with van der Waals surface area (Å²) >= 11 is 0. The van der Waals surface area contributed by atoms with Crippen molar-refractivity contribution in [2.45, 2.75) is 31.9 Å². The summed E-state index contributed by atoms with van der Waals surface area (Å²) in [6.07, 6.45) is 1.06. The molecular weight excluding hydrogens is 356 g/mol. The van der Waals surface area contributed by atoms with Crippen molar-refractivity contribution in [1.29, 1.82) is 0 Å². The van der Waals surface area contributed by atoms with Crippen molar-refractivity contribution in [2.24, 2.45) is 0 Å². The Hall–Kier alpha value is -3.15. The summed E-state index contributed by atoms with van der Waals surface area (Å²) in [5.74, 6) is -0.431. The van der Waals surface area contributed by atoms with Gasteiger partial charge in [0.25, 0.3) is 0 Å². The number of amides is 2. The van der Waals surface area contributed by atoms with E-state index in [2.05, 4.69) is 5.32 Å². The van der Waals surface area contributed by atoms with Crippen molar-refractivity contribution < 1.29 is 19.1 Å². The van der Waals surface area contributed by atoms with Gasteiger partial charge in [0.05, 0.1) is 0 Å². The molecule has 0 bridgehead atoms. The van der Waals surface area contributed by atoms with Gasteiger partial charge in [-0.3, -0.25) is 9.59 Å². The maximum atomic E-state index is 12.8. The van der Waals surface area contributed by atoms with Crippen LogP contribution in [0.15, 0.2) is 60.7 Å². The predicted octanol–water partition coefficient (Wildman–Crippen LogP) is 3.18. The van der Waals surface area contributed by atoms with E-state index in [-0.39, 0.29) is 24.7 Å². The van der Waals surface area contributed by atoms with Crippen LogP contribution in [0.1, 0.15) is 35.2 Å². The monoisotopic (exact) mass is 380 g/mol. The van der Waals surface area contributed by atoms with E-state index in [0.29, 0.717) is 18.7 Å². The number of Topliss-reactive ketones (excluding diaryl/α,β-unsaturated/α-hetero) is 1. The summed E-state index contributed by atoms with van der Waals surface area (Å²) in [6, 6.07) is 17.1. The van der Waals surface area contributed by atoms with Gasteiger partial charge in [0.2, 0.25) is 5.91 Å². The van der Waals surface area contributed by atoms with Crippen molar-refractivity contribution in [1.82, 2.24) is 10.2 Å². The third-order valence-corrected chi connectivity index (χ3v) is 4.71. The summed E-state index contributed by atoms with van der Waals surface area (Å²) in [5, 5.41) is 2.59. The fourth-order valence-corrected chi connectivity index (χ4v) is 3.19. The number of rotatable bonds is 7. The van der Waals surface area contributed by atoms with Crippen LogP contribution in [-0.4, -0.2) is 41.8 Å². The fourth-order valence-electron chi connectivity index (χ4n) is 3.19. The van der Waals surface area contributed by atoms with Crippen LogP contribution in [0.2, 0.25) is 0 Å². The third kappa shape index (κ3) is 5.42. The first-order valence-corrected chi connectivity index (χ1v) is 9.48. The zero-order chi connectivity index (χ0) is 19.8. The molecule has 0 radical (unpaired) electrons. The van der Waals surface area contributed by atoms with Gasteiger partial charge in [-0.1, -0.05) is 60.7 Å². The number of likely N-dealkylation sites (tertiary alicyclic amines) is 1. The summed E-state index contributed by atoms with van der Waals surface area (Å²) < 4.78 is 5.23. The molecule has 1 aliphatic rings. The molecular formula is C22H24N2O4. The Morgan fingerprint density at radius 1 is 0.929 bits per heavy atom. The van der Waals surface area contributed by atoms with Crippen LogP contribution >= 0.6 is 0 Å². The van der Waals surface area contributed by atoms with Gasteiger partial charge >= 0.3 is 6.09 Å². The average Bonchev–Trinajstić information content (AvgIpc) is 3.27. The molecule has 3 rings (SSSR count). The van der Waals surface area contributed by atoms with Crippen LogP contribution < -0.4 is 5.32 Å². The number of hydrogen-bond donors (Lipinski definition) is 1. The highest BCUT2D eigenvalue weighted by Crippen LogP contribution is 2.13. The molecule has 6 nitrogen and oxygen atoms in total. The Labute approximate surface area is 164 Å². The van der Waals surface area contributed by atoms with Crippen molar-refractivity contribution in [3.05, 3.63) is 71.8 Å². The summed E-state index contributed by atoms with van der Waals surface area (Å²) in [5.41, 5.74) is 1.36. The fraction of sp³-hybridized carbons (Fsp3) is 0.318. The molecule has 1 fully saturated rings. The lowest BCUT2D eigenvalue weighted by molar-refractivity contribution is -0.132. The highest BCUT2D eigenvalue weighted by molar-refractivity contribution is 6.00. The van der Waals surface area contributed by atoms with E-state index in [1.54, 1.807) is 29.2 Å². The molecule has 146 valence electrons. The van der Waals surface area contributed by atoms with Gasteiger partial charge in [-0.2, -0.15) is 0 Å². The minimum atomic E-state index is -0.936. The highest BCUT2D eigenvalue weighted by atomic mass is 16.5. The number of benzene rings is 2. The number of alkyl carbamates (subject to hydrolysis) is 1. The van der Waals surface area contributed by atoms with E-state index in [9.17, 15) is 14.4 Å². The number of nitrogens with one attached hydrogen (secondary N) is 1. The normalized spacial score (nSPS) is 14.4. The summed E-state index contributed by atoms with van der Waals surface area (Å²) in [4.78, 5) is 39.3. The Morgan fingerprint density at radius 3 is 2.18 bits per heavy atom. The first-order valence-electron chi connectivity index (χ1n) is 9.48. The zero-order valence-electron chi connectivity index (χ0n) is 15.7. The second-order valence-electron chi connectivity index (χ2n) is 6.78. The second kappa shape index (κ2) is 9.69. The molecule has 0 aliphatic carbocycles. The number of ketones is 1. The summed E-state index contributed by atoms with van der Waals surface area (Å²) in [7, 11) is 0. The molecule has 0 aromatic heterocycles. The minimum Gasteiger partial charge on any atom is -0.445 e. The smallest absolute Gasteiger partial charge is 0.408 e. The van der Waals surface area contributed by atoms with Crippen LogP contribution in [-0.2, 0) is 16.1 Å². The third-order valence-electron chi connectivity index (χ3n) is 4.71. The maximum Gasteiger partial charge on any atom is 0.408 e. The van der Waals surface area contributed by atoms with Crippen LogP contribution in [0.5, 0.6) is 0 Å². The first kappa shape index (κ1) is 19.6. The Kier molecular flexibility index (Phi) is 6.78. The number of ether oxygens (including phenoxy) is 1. The molecule has 1 aliphatic heterocycles. The van der Waals surface area contributed by atoms with Gasteiger partial charge in [-0.25, -0.2) is 4.79 Å². The van der Waals surface area contributed by atoms with Crippen molar-refractivity contribution in [3.63, 3.8) is 0 Å². The predicted molar refractivity (Wildman–Crippen MR) is 105 cm³/mol. The molecule has 1 saturated heterocycles. The van der Waals surface area contributed by atoms with Gasteiger partial charge in [-0.05, 0) is 18.4 Å². The summed E-state index contributed by atoms with van der Waals surface area (Å²) in [6.45, 7) is 1.40. The topological polar surface area (TPSA) is 75.7 Å². The van der Waals surface area contributed by atoms with E-state index >= 15 is 0 Å². The molecule has 1 N–H and O–H groups in total. The molecule has 0 spiro atoms. The molecule has 0 saturated carbocycles. The van der Waals surface area contributed by atoms with Gasteiger partial charge in [-0.15, -0.1) is 0 Å². The maximum absolute atomic E-state index is 12.8. The van der Waals surface area contributed by atoms with Crippen LogP contribution in [0.25, 0.3) is 0 Å². The first-order chi connectivity index (χ1) is 13.6. The van der Waals surface area contributed by atoms with Gasteiger partial charge in [0.15, 0.2) is 5.78 Å². The lowest BCUT2D eigenvalue weighted by atomic mass is 10.0. The molecule has 6 heteroatoms. The van der Waals surface area contributed by atoms with E-state index in [0.717, 1.165) is 18.4 Å². The molecule has 2 aromatic rings. The van der Waals surface area contributed by atoms with E-state index < -0.39 is 12.1 Å². The number of carbonyl (C=O) groups excluding carboxylic acids is 3. The van der Waals surface area contributed by atoms with Gasteiger partial charge in [0.1, 0.15) is 12.6 Å². The molecule has 1 unspecified atom stereocenters. The Morgan fingerprint density at radius 2 is 1.54 bits per heavy atom. The molecule has 1 heterocycles. The molecule has 2 aromatic carbocycles. The second-order valence-corrected chi connectivity index (χ2v) is 6.78. The van der Waals surface area contributed by atoms with Gasteiger partial charge in [0, 0.05) is 25.1 Å². The van der Waals surface area contributed by atoms with Crippen molar-refractivity contribution >= 4 is 17.8 Å². The van der Waals surface area contributed by atoms with Crippen molar-refractivity contribution in [3.8, 4) is 0 Å². The zero-order valence-corrected chi connectivity index (χ0v) is 15.7. The van der Waals surface area contributed by atoms with Crippen LogP contribution in [0.4, 0.5) is 4.79 Å². The molecule has 2 amide bonds. The van der Waals surface area contributed by atoms with Crippen molar-refractivity contribution in [2.75, 3.05) is 13.1 Å². The van der Waals surface area contributed by atoms with Gasteiger partial charge < -0.3 is 15.0 Å².